The van der Waals surface area contributed by atoms with Gasteiger partial charge in [0.2, 0.25) is 5.78 Å². The third kappa shape index (κ3) is 2.94. The maximum atomic E-state index is 12.6. The van der Waals surface area contributed by atoms with Crippen LogP contribution in [0.3, 0.4) is 0 Å². The first-order chi connectivity index (χ1) is 9.54. The van der Waals surface area contributed by atoms with Crippen molar-refractivity contribution in [1.82, 2.24) is 14.7 Å². The second-order valence-corrected chi connectivity index (χ2v) is 5.21. The fraction of sp³-hybridized carbons (Fsp3) is 0.429. The van der Waals surface area contributed by atoms with Gasteiger partial charge in [-0.2, -0.15) is 5.10 Å². The second-order valence-electron chi connectivity index (χ2n) is 4.81. The molecule has 2 aromatic rings. The van der Waals surface area contributed by atoms with Crippen LogP contribution in [0.15, 0.2) is 22.9 Å². The number of aromatic nitrogens is 2. The first kappa shape index (κ1) is 14.8. The molecule has 0 bridgehead atoms. The highest BCUT2D eigenvalue weighted by Gasteiger charge is 2.22. The number of furan rings is 1. The van der Waals surface area contributed by atoms with Gasteiger partial charge in [0.25, 0.3) is 0 Å². The van der Waals surface area contributed by atoms with Crippen molar-refractivity contribution in [3.05, 3.63) is 40.6 Å². The largest absolute Gasteiger partial charge is 0.469 e. The highest BCUT2D eigenvalue weighted by Crippen LogP contribution is 2.22. The summed E-state index contributed by atoms with van der Waals surface area (Å²) in [7, 11) is 3.94. The predicted octanol–water partition coefficient (Wildman–Crippen LogP) is 2.48. The molecule has 0 aliphatic rings. The molecule has 0 aliphatic heterocycles. The van der Waals surface area contributed by atoms with Gasteiger partial charge < -0.3 is 9.32 Å². The van der Waals surface area contributed by atoms with E-state index in [1.807, 2.05) is 25.9 Å². The second kappa shape index (κ2) is 6.24. The van der Waals surface area contributed by atoms with Crippen LogP contribution in [0.5, 0.6) is 0 Å². The fourth-order valence-electron chi connectivity index (χ4n) is 2.00. The summed E-state index contributed by atoms with van der Waals surface area (Å²) in [4.78, 5) is 14.6. The molecule has 0 spiro atoms. The zero-order valence-electron chi connectivity index (χ0n) is 11.9. The number of aryl methyl sites for hydroxylation is 1. The highest BCUT2D eigenvalue weighted by molar-refractivity contribution is 6.34. The van der Waals surface area contributed by atoms with Crippen LogP contribution in [0.4, 0.5) is 0 Å². The predicted molar refractivity (Wildman–Crippen MR) is 77.3 cm³/mol. The van der Waals surface area contributed by atoms with Gasteiger partial charge in [0.15, 0.2) is 0 Å². The number of halogens is 1. The molecule has 0 fully saturated rings. The first-order valence-corrected chi connectivity index (χ1v) is 6.89. The lowest BCUT2D eigenvalue weighted by Gasteiger charge is -2.11. The maximum absolute atomic E-state index is 12.6. The summed E-state index contributed by atoms with van der Waals surface area (Å²) in [5.41, 5.74) is 0.977. The van der Waals surface area contributed by atoms with Crippen LogP contribution in [0, 0.1) is 0 Å². The van der Waals surface area contributed by atoms with Crippen LogP contribution in [0.1, 0.15) is 28.7 Å². The average Bonchev–Trinajstić information content (AvgIpc) is 3.01. The Kier molecular flexibility index (Phi) is 4.62. The van der Waals surface area contributed by atoms with Crippen LogP contribution in [0.25, 0.3) is 0 Å². The van der Waals surface area contributed by atoms with Crippen LogP contribution in [-0.4, -0.2) is 41.1 Å². The SMILES string of the molecule is CCc1occc1C(=O)c1c(Cl)cnn1CCN(C)C. The zero-order valence-corrected chi connectivity index (χ0v) is 12.6. The number of hydrogen-bond acceptors (Lipinski definition) is 4. The molecule has 0 N–H and O–H groups in total. The van der Waals surface area contributed by atoms with Gasteiger partial charge in [0.1, 0.15) is 11.5 Å². The molecule has 0 aliphatic carbocycles. The number of likely N-dealkylation sites (N-methyl/N-ethyl adjacent to an activating group) is 1. The minimum atomic E-state index is -0.142. The molecule has 0 saturated carbocycles. The lowest BCUT2D eigenvalue weighted by Crippen LogP contribution is -2.22. The van der Waals surface area contributed by atoms with E-state index in [4.69, 9.17) is 16.0 Å². The highest BCUT2D eigenvalue weighted by atomic mass is 35.5. The smallest absolute Gasteiger partial charge is 0.216 e. The Morgan fingerprint density at radius 2 is 2.25 bits per heavy atom. The normalized spacial score (nSPS) is 11.2. The standard InChI is InChI=1S/C14H18ClN3O2/c1-4-12-10(5-8-20-12)14(19)13-11(15)9-16-18(13)7-6-17(2)3/h5,8-9H,4,6-7H2,1-3H3. The van der Waals surface area contributed by atoms with Gasteiger partial charge in [-0.25, -0.2) is 0 Å². The Bertz CT molecular complexity index is 601. The van der Waals surface area contributed by atoms with E-state index in [0.29, 0.717) is 35.0 Å². The molecule has 2 aromatic heterocycles. The number of nitrogens with zero attached hydrogens (tertiary/aromatic N) is 3. The number of carbonyl (C=O) groups excluding carboxylic acids is 1. The van der Waals surface area contributed by atoms with E-state index in [0.717, 1.165) is 6.54 Å². The molecule has 5 nitrogen and oxygen atoms in total. The van der Waals surface area contributed by atoms with E-state index >= 15 is 0 Å². The molecule has 0 unspecified atom stereocenters. The fourth-order valence-corrected chi connectivity index (χ4v) is 2.22. The van der Waals surface area contributed by atoms with Crippen molar-refractivity contribution in [2.24, 2.45) is 0 Å². The summed E-state index contributed by atoms with van der Waals surface area (Å²) in [5, 5.41) is 4.55. The summed E-state index contributed by atoms with van der Waals surface area (Å²) in [5.74, 6) is 0.531. The number of rotatable bonds is 6. The van der Waals surface area contributed by atoms with Gasteiger partial charge >= 0.3 is 0 Å². The molecule has 0 radical (unpaired) electrons. The molecule has 0 atom stereocenters. The van der Waals surface area contributed by atoms with Crippen molar-refractivity contribution >= 4 is 17.4 Å². The van der Waals surface area contributed by atoms with Crippen LogP contribution >= 0.6 is 11.6 Å². The average molecular weight is 296 g/mol. The summed E-state index contributed by atoms with van der Waals surface area (Å²) in [6.07, 6.45) is 3.70. The Balaban J connectivity index is 2.32. The van der Waals surface area contributed by atoms with E-state index in [1.54, 1.807) is 10.7 Å². The molecule has 0 amide bonds. The molecular weight excluding hydrogens is 278 g/mol. The third-order valence-corrected chi connectivity index (χ3v) is 3.36. The van der Waals surface area contributed by atoms with E-state index in [-0.39, 0.29) is 5.78 Å². The van der Waals surface area contributed by atoms with Gasteiger partial charge in [-0.15, -0.1) is 0 Å². The summed E-state index contributed by atoms with van der Waals surface area (Å²) in [6.45, 7) is 3.34. The van der Waals surface area contributed by atoms with Crippen LogP contribution in [0.2, 0.25) is 5.02 Å². The van der Waals surface area contributed by atoms with Crippen molar-refractivity contribution in [1.29, 1.82) is 0 Å². The van der Waals surface area contributed by atoms with Crippen molar-refractivity contribution in [3.63, 3.8) is 0 Å². The van der Waals surface area contributed by atoms with E-state index in [9.17, 15) is 4.79 Å². The van der Waals surface area contributed by atoms with Crippen molar-refractivity contribution < 1.29 is 9.21 Å². The summed E-state index contributed by atoms with van der Waals surface area (Å²) in [6, 6.07) is 1.68. The number of carbonyl (C=O) groups is 1. The summed E-state index contributed by atoms with van der Waals surface area (Å²) >= 11 is 6.12. The third-order valence-electron chi connectivity index (χ3n) is 3.08. The molecule has 20 heavy (non-hydrogen) atoms. The quantitative estimate of drug-likeness (QED) is 0.768. The van der Waals surface area contributed by atoms with Crippen LogP contribution < -0.4 is 0 Å². The lowest BCUT2D eigenvalue weighted by atomic mass is 10.1. The molecule has 2 heterocycles. The topological polar surface area (TPSA) is 51.3 Å². The lowest BCUT2D eigenvalue weighted by molar-refractivity contribution is 0.102. The Hall–Kier alpha value is -1.59. The van der Waals surface area contributed by atoms with E-state index in [1.165, 1.54) is 12.5 Å². The minimum Gasteiger partial charge on any atom is -0.469 e. The molecule has 0 saturated heterocycles. The molecule has 2 rings (SSSR count). The Morgan fingerprint density at radius 1 is 1.50 bits per heavy atom. The monoisotopic (exact) mass is 295 g/mol. The van der Waals surface area contributed by atoms with Gasteiger partial charge in [-0.3, -0.25) is 9.48 Å². The van der Waals surface area contributed by atoms with E-state index < -0.39 is 0 Å². The Labute approximate surface area is 123 Å². The molecular formula is C14H18ClN3O2. The van der Waals surface area contributed by atoms with Gasteiger partial charge in [0, 0.05) is 13.0 Å². The van der Waals surface area contributed by atoms with Gasteiger partial charge in [0.05, 0.1) is 29.6 Å². The number of hydrogen-bond donors (Lipinski definition) is 0. The first-order valence-electron chi connectivity index (χ1n) is 6.51. The summed E-state index contributed by atoms with van der Waals surface area (Å²) < 4.78 is 6.96. The van der Waals surface area contributed by atoms with E-state index in [2.05, 4.69) is 5.10 Å². The van der Waals surface area contributed by atoms with Gasteiger partial charge in [-0.05, 0) is 20.2 Å². The molecule has 108 valence electrons. The van der Waals surface area contributed by atoms with Gasteiger partial charge in [-0.1, -0.05) is 18.5 Å². The van der Waals surface area contributed by atoms with Crippen molar-refractivity contribution in [2.45, 2.75) is 19.9 Å². The van der Waals surface area contributed by atoms with Crippen molar-refractivity contribution in [3.8, 4) is 0 Å². The number of ketones is 1. The zero-order chi connectivity index (χ0) is 14.7. The molecule has 0 aromatic carbocycles. The molecule has 6 heteroatoms. The maximum Gasteiger partial charge on any atom is 0.216 e. The minimum absolute atomic E-state index is 0.142. The Morgan fingerprint density at radius 3 is 2.90 bits per heavy atom. The van der Waals surface area contributed by atoms with Crippen molar-refractivity contribution in [2.75, 3.05) is 20.6 Å². The van der Waals surface area contributed by atoms with Crippen LogP contribution in [-0.2, 0) is 13.0 Å².